The summed E-state index contributed by atoms with van der Waals surface area (Å²) in [6, 6.07) is 6.55. The predicted octanol–water partition coefficient (Wildman–Crippen LogP) is 4.80. The van der Waals surface area contributed by atoms with Crippen LogP contribution in [0.2, 0.25) is 5.28 Å². The quantitative estimate of drug-likeness (QED) is 0.455. The Hall–Kier alpha value is -0.580. The van der Waals surface area contributed by atoms with Crippen LogP contribution in [0.5, 0.6) is 0 Å². The molecule has 0 saturated heterocycles. The van der Waals surface area contributed by atoms with Gasteiger partial charge in [-0.2, -0.15) is 0 Å². The van der Waals surface area contributed by atoms with Gasteiger partial charge in [0.2, 0.25) is 5.28 Å². The molecule has 1 aromatic heterocycles. The molecule has 2 nitrogen and oxygen atoms in total. The topological polar surface area (TPSA) is 25.8 Å². The molecule has 0 fully saturated rings. The molecule has 5 heteroatoms. The normalized spacial score (nSPS) is 10.7. The molecule has 0 aliphatic rings. The molecule has 0 aliphatic heterocycles. The van der Waals surface area contributed by atoms with Crippen LogP contribution in [0, 0.1) is 13.8 Å². The fraction of sp³-hybridized carbons (Fsp3) is 0.231. The SMILES string of the molecule is Cc1cc(C)cc(CSc2nc(Cl)ncc2Br)c1. The van der Waals surface area contributed by atoms with Gasteiger partial charge in [0.05, 0.1) is 4.47 Å². The molecule has 0 saturated carbocycles. The summed E-state index contributed by atoms with van der Waals surface area (Å²) in [6.45, 7) is 4.22. The maximum absolute atomic E-state index is 5.79. The predicted molar refractivity (Wildman–Crippen MR) is 80.2 cm³/mol. The van der Waals surface area contributed by atoms with Crippen molar-refractivity contribution in [3.63, 3.8) is 0 Å². The molecule has 0 amide bonds. The second kappa shape index (κ2) is 6.04. The van der Waals surface area contributed by atoms with Crippen LogP contribution < -0.4 is 0 Å². The van der Waals surface area contributed by atoms with E-state index in [-0.39, 0.29) is 5.28 Å². The lowest BCUT2D eigenvalue weighted by molar-refractivity contribution is 1.03. The highest BCUT2D eigenvalue weighted by molar-refractivity contribution is 9.10. The summed E-state index contributed by atoms with van der Waals surface area (Å²) in [4.78, 5) is 8.12. The van der Waals surface area contributed by atoms with Crippen molar-refractivity contribution in [1.29, 1.82) is 0 Å². The van der Waals surface area contributed by atoms with E-state index in [1.807, 2.05) is 0 Å². The molecule has 1 aromatic carbocycles. The smallest absolute Gasteiger partial charge is 0.223 e. The van der Waals surface area contributed by atoms with Crippen LogP contribution in [0.4, 0.5) is 0 Å². The highest BCUT2D eigenvalue weighted by Gasteiger charge is 2.05. The Labute approximate surface area is 124 Å². The minimum absolute atomic E-state index is 0.279. The molecule has 0 unspecified atom stereocenters. The summed E-state index contributed by atoms with van der Waals surface area (Å²) in [7, 11) is 0. The lowest BCUT2D eigenvalue weighted by Gasteiger charge is -2.06. The molecule has 0 N–H and O–H groups in total. The Bertz CT molecular complexity index is 555. The zero-order valence-corrected chi connectivity index (χ0v) is 13.2. The van der Waals surface area contributed by atoms with Gasteiger partial charge in [0.15, 0.2) is 0 Å². The van der Waals surface area contributed by atoms with Crippen molar-refractivity contribution in [2.75, 3.05) is 0 Å². The van der Waals surface area contributed by atoms with Crippen LogP contribution in [-0.4, -0.2) is 9.97 Å². The summed E-state index contributed by atoms with van der Waals surface area (Å²) in [5.41, 5.74) is 3.86. The number of aryl methyl sites for hydroxylation is 2. The van der Waals surface area contributed by atoms with E-state index in [2.05, 4.69) is 57.9 Å². The number of nitrogens with zero attached hydrogens (tertiary/aromatic N) is 2. The van der Waals surface area contributed by atoms with E-state index in [1.165, 1.54) is 16.7 Å². The molecule has 2 aromatic rings. The van der Waals surface area contributed by atoms with Crippen LogP contribution >= 0.6 is 39.3 Å². The minimum Gasteiger partial charge on any atom is -0.225 e. The summed E-state index contributed by atoms with van der Waals surface area (Å²) in [5.74, 6) is 0.870. The molecule has 94 valence electrons. The third kappa shape index (κ3) is 3.70. The Morgan fingerprint density at radius 2 is 1.89 bits per heavy atom. The summed E-state index contributed by atoms with van der Waals surface area (Å²) in [5, 5.41) is 1.15. The van der Waals surface area contributed by atoms with E-state index in [9.17, 15) is 0 Å². The highest BCUT2D eigenvalue weighted by atomic mass is 79.9. The molecular weight excluding hydrogens is 332 g/mol. The molecule has 0 aliphatic carbocycles. The number of halogens is 2. The Morgan fingerprint density at radius 1 is 1.22 bits per heavy atom. The Balaban J connectivity index is 2.13. The van der Waals surface area contributed by atoms with Gasteiger partial charge in [-0.25, -0.2) is 9.97 Å². The van der Waals surface area contributed by atoms with Crippen LogP contribution in [-0.2, 0) is 5.75 Å². The lowest BCUT2D eigenvalue weighted by atomic mass is 10.1. The monoisotopic (exact) mass is 342 g/mol. The second-order valence-corrected chi connectivity index (χ2v) is 6.23. The number of hydrogen-bond donors (Lipinski definition) is 0. The van der Waals surface area contributed by atoms with Crippen molar-refractivity contribution in [3.05, 3.63) is 50.8 Å². The molecule has 2 rings (SSSR count). The summed E-state index contributed by atoms with van der Waals surface area (Å²) >= 11 is 10.9. The van der Waals surface area contributed by atoms with Crippen molar-refractivity contribution in [1.82, 2.24) is 9.97 Å². The first-order chi connectivity index (χ1) is 8.54. The third-order valence-electron chi connectivity index (χ3n) is 2.34. The van der Waals surface area contributed by atoms with E-state index in [1.54, 1.807) is 18.0 Å². The van der Waals surface area contributed by atoms with E-state index >= 15 is 0 Å². The number of thioether (sulfide) groups is 1. The minimum atomic E-state index is 0.279. The van der Waals surface area contributed by atoms with Gasteiger partial charge < -0.3 is 0 Å². The first-order valence-corrected chi connectivity index (χ1v) is 7.58. The van der Waals surface area contributed by atoms with Crippen molar-refractivity contribution in [2.45, 2.75) is 24.6 Å². The van der Waals surface area contributed by atoms with E-state index in [0.717, 1.165) is 15.3 Å². The Kier molecular flexibility index (Phi) is 4.65. The van der Waals surface area contributed by atoms with Gasteiger partial charge in [0.1, 0.15) is 5.03 Å². The molecule has 18 heavy (non-hydrogen) atoms. The molecule has 0 radical (unpaired) electrons. The van der Waals surface area contributed by atoms with Crippen LogP contribution in [0.15, 0.2) is 33.9 Å². The van der Waals surface area contributed by atoms with Crippen molar-refractivity contribution < 1.29 is 0 Å². The zero-order valence-electron chi connectivity index (χ0n) is 10.1. The highest BCUT2D eigenvalue weighted by Crippen LogP contribution is 2.28. The average molecular weight is 344 g/mol. The van der Waals surface area contributed by atoms with Gasteiger partial charge >= 0.3 is 0 Å². The van der Waals surface area contributed by atoms with Crippen LogP contribution in [0.3, 0.4) is 0 Å². The van der Waals surface area contributed by atoms with Gasteiger partial charge in [-0.3, -0.25) is 0 Å². The Morgan fingerprint density at radius 3 is 2.56 bits per heavy atom. The van der Waals surface area contributed by atoms with E-state index < -0.39 is 0 Å². The first kappa shape index (κ1) is 13.8. The van der Waals surface area contributed by atoms with Gasteiger partial charge in [-0.15, -0.1) is 11.8 Å². The molecular formula is C13H12BrClN2S. The van der Waals surface area contributed by atoms with Crippen LogP contribution in [0.25, 0.3) is 0 Å². The lowest BCUT2D eigenvalue weighted by Crippen LogP contribution is -1.89. The fourth-order valence-electron chi connectivity index (χ4n) is 1.74. The summed E-state index contributed by atoms with van der Waals surface area (Å²) < 4.78 is 0.876. The molecule has 0 bridgehead atoms. The molecule has 0 atom stereocenters. The maximum atomic E-state index is 5.79. The average Bonchev–Trinajstić information content (AvgIpc) is 2.29. The first-order valence-electron chi connectivity index (χ1n) is 5.42. The van der Waals surface area contributed by atoms with E-state index in [4.69, 9.17) is 11.6 Å². The second-order valence-electron chi connectivity index (χ2n) is 4.08. The molecule has 0 spiro atoms. The van der Waals surface area contributed by atoms with Crippen LogP contribution in [0.1, 0.15) is 16.7 Å². The van der Waals surface area contributed by atoms with Gasteiger partial charge in [0, 0.05) is 11.9 Å². The standard InChI is InChI=1S/C13H12BrClN2S/c1-8-3-9(2)5-10(4-8)7-18-12-11(14)6-16-13(15)17-12/h3-6H,7H2,1-2H3. The van der Waals surface area contributed by atoms with Crippen molar-refractivity contribution in [3.8, 4) is 0 Å². The number of hydrogen-bond acceptors (Lipinski definition) is 3. The van der Waals surface area contributed by atoms with Crippen molar-refractivity contribution in [2.24, 2.45) is 0 Å². The number of aromatic nitrogens is 2. The fourth-order valence-corrected chi connectivity index (χ4v) is 3.27. The van der Waals surface area contributed by atoms with Gasteiger partial charge in [-0.05, 0) is 46.9 Å². The maximum Gasteiger partial charge on any atom is 0.223 e. The third-order valence-corrected chi connectivity index (χ3v) is 4.43. The van der Waals surface area contributed by atoms with Gasteiger partial charge in [-0.1, -0.05) is 29.3 Å². The number of benzene rings is 1. The summed E-state index contributed by atoms with van der Waals surface area (Å²) in [6.07, 6.45) is 1.68. The zero-order chi connectivity index (χ0) is 13.1. The van der Waals surface area contributed by atoms with E-state index in [0.29, 0.717) is 0 Å². The molecule has 1 heterocycles. The number of rotatable bonds is 3. The van der Waals surface area contributed by atoms with Gasteiger partial charge in [0.25, 0.3) is 0 Å². The largest absolute Gasteiger partial charge is 0.225 e. The van der Waals surface area contributed by atoms with Crippen molar-refractivity contribution >= 4 is 39.3 Å².